The van der Waals surface area contributed by atoms with Crippen molar-refractivity contribution in [3.05, 3.63) is 59.1 Å². The van der Waals surface area contributed by atoms with Crippen molar-refractivity contribution in [1.29, 1.82) is 0 Å². The highest BCUT2D eigenvalue weighted by Gasteiger charge is 2.35. The van der Waals surface area contributed by atoms with Crippen LogP contribution in [0, 0.1) is 0 Å². The van der Waals surface area contributed by atoms with E-state index in [0.29, 0.717) is 17.3 Å². The van der Waals surface area contributed by atoms with Gasteiger partial charge in [-0.1, -0.05) is 41.9 Å². The smallest absolute Gasteiger partial charge is 0.272 e. The summed E-state index contributed by atoms with van der Waals surface area (Å²) in [5.74, 6) is 0.629. The molecule has 2 aromatic carbocycles. The van der Waals surface area contributed by atoms with Crippen LogP contribution in [-0.2, 0) is 9.53 Å². The van der Waals surface area contributed by atoms with Crippen LogP contribution in [0.25, 0.3) is 0 Å². The summed E-state index contributed by atoms with van der Waals surface area (Å²) < 4.78 is 11.4. The fourth-order valence-corrected chi connectivity index (χ4v) is 3.54. The Hall–Kier alpha value is -1.79. The van der Waals surface area contributed by atoms with Gasteiger partial charge in [-0.3, -0.25) is 9.69 Å². The summed E-state index contributed by atoms with van der Waals surface area (Å²) in [4.78, 5) is 17.3. The summed E-state index contributed by atoms with van der Waals surface area (Å²) in [7, 11) is 0. The molecule has 1 atom stereocenters. The molecule has 0 radical (unpaired) electrons. The third-order valence-electron chi connectivity index (χ3n) is 4.79. The Kier molecular flexibility index (Phi) is 6.60. The van der Waals surface area contributed by atoms with Gasteiger partial charge in [0, 0.05) is 36.8 Å². The maximum atomic E-state index is 13.2. The first-order valence-corrected chi connectivity index (χ1v) is 9.23. The molecule has 2 aromatic rings. The van der Waals surface area contributed by atoms with Gasteiger partial charge < -0.3 is 14.4 Å². The summed E-state index contributed by atoms with van der Waals surface area (Å²) in [5.41, 5.74) is 1.59. The maximum absolute atomic E-state index is 13.2. The van der Waals surface area contributed by atoms with E-state index in [1.807, 2.05) is 36.4 Å². The van der Waals surface area contributed by atoms with Crippen molar-refractivity contribution in [2.45, 2.75) is 6.10 Å². The number of ether oxygens (including phenoxy) is 2. The molecule has 2 aliphatic heterocycles. The number of halogens is 2. The summed E-state index contributed by atoms with van der Waals surface area (Å²) in [6.45, 7) is 4.66. The lowest BCUT2D eigenvalue weighted by Gasteiger charge is -2.36. The topological polar surface area (TPSA) is 42.0 Å². The molecule has 0 aliphatic carbocycles. The number of benzene rings is 2. The first kappa shape index (κ1) is 20.0. The summed E-state index contributed by atoms with van der Waals surface area (Å²) >= 11 is 6.17. The average molecular weight is 409 g/mol. The number of hydrogen-bond acceptors (Lipinski definition) is 4. The van der Waals surface area contributed by atoms with Crippen LogP contribution >= 0.6 is 24.0 Å². The second-order valence-corrected chi connectivity index (χ2v) is 6.90. The van der Waals surface area contributed by atoms with E-state index in [2.05, 4.69) is 4.90 Å². The Bertz CT molecular complexity index is 782. The predicted octanol–water partition coefficient (Wildman–Crippen LogP) is 3.56. The van der Waals surface area contributed by atoms with E-state index in [1.165, 1.54) is 0 Å². The van der Waals surface area contributed by atoms with Crippen LogP contribution in [0.15, 0.2) is 48.5 Å². The summed E-state index contributed by atoms with van der Waals surface area (Å²) in [6, 6.07) is 15.0. The molecule has 0 saturated carbocycles. The first-order valence-electron chi connectivity index (χ1n) is 8.85. The molecule has 1 unspecified atom stereocenters. The van der Waals surface area contributed by atoms with Crippen LogP contribution in [0.1, 0.15) is 11.7 Å². The molecule has 27 heavy (non-hydrogen) atoms. The highest BCUT2D eigenvalue weighted by Crippen LogP contribution is 2.40. The van der Waals surface area contributed by atoms with Crippen LogP contribution in [-0.4, -0.2) is 50.2 Å². The van der Waals surface area contributed by atoms with Crippen LogP contribution in [0.4, 0.5) is 5.69 Å². The van der Waals surface area contributed by atoms with Gasteiger partial charge in [0.25, 0.3) is 5.91 Å². The minimum atomic E-state index is -0.630. The highest BCUT2D eigenvalue weighted by atomic mass is 35.5. The number of fused-ring (bicyclic) bond motifs is 1. The van der Waals surface area contributed by atoms with E-state index in [1.54, 1.807) is 17.0 Å². The zero-order valence-corrected chi connectivity index (χ0v) is 16.4. The molecule has 0 spiro atoms. The molecule has 1 amide bonds. The summed E-state index contributed by atoms with van der Waals surface area (Å²) in [5, 5.41) is 0.592. The predicted molar refractivity (Wildman–Crippen MR) is 108 cm³/mol. The molecule has 1 fully saturated rings. The van der Waals surface area contributed by atoms with Gasteiger partial charge in [-0.15, -0.1) is 12.4 Å². The molecule has 2 heterocycles. The van der Waals surface area contributed by atoms with Gasteiger partial charge in [0.05, 0.1) is 18.9 Å². The van der Waals surface area contributed by atoms with Gasteiger partial charge in [-0.05, 0) is 18.2 Å². The van der Waals surface area contributed by atoms with E-state index in [-0.39, 0.29) is 18.3 Å². The van der Waals surface area contributed by atoms with Gasteiger partial charge in [0.2, 0.25) is 6.10 Å². The number of amides is 1. The molecule has 5 nitrogen and oxygen atoms in total. The Labute approximate surface area is 170 Å². The lowest BCUT2D eigenvalue weighted by atomic mass is 10.1. The molecule has 0 N–H and O–H groups in total. The number of carbonyl (C=O) groups excluding carboxylic acids is 1. The molecule has 4 rings (SSSR count). The fourth-order valence-electron chi connectivity index (χ4n) is 3.37. The molecule has 144 valence electrons. The Morgan fingerprint density at radius 1 is 1.04 bits per heavy atom. The van der Waals surface area contributed by atoms with Gasteiger partial charge in [0.15, 0.2) is 0 Å². The van der Waals surface area contributed by atoms with E-state index in [4.69, 9.17) is 21.1 Å². The largest absolute Gasteiger partial charge is 0.474 e. The van der Waals surface area contributed by atoms with Crippen LogP contribution in [0.5, 0.6) is 5.75 Å². The fraction of sp³-hybridized carbons (Fsp3) is 0.350. The lowest BCUT2D eigenvalue weighted by Crippen LogP contribution is -2.46. The third-order valence-corrected chi connectivity index (χ3v) is 5.03. The molecule has 0 bridgehead atoms. The van der Waals surface area contributed by atoms with Crippen molar-refractivity contribution in [2.24, 2.45) is 0 Å². The summed E-state index contributed by atoms with van der Waals surface area (Å²) in [6.07, 6.45) is -0.630. The second kappa shape index (κ2) is 8.93. The van der Waals surface area contributed by atoms with Crippen LogP contribution in [0.2, 0.25) is 5.02 Å². The average Bonchev–Trinajstić information content (AvgIpc) is 2.68. The second-order valence-electron chi connectivity index (χ2n) is 6.46. The molecule has 7 heteroatoms. The van der Waals surface area contributed by atoms with Crippen molar-refractivity contribution >= 4 is 35.6 Å². The number of nitrogens with zero attached hydrogens (tertiary/aromatic N) is 2. The monoisotopic (exact) mass is 408 g/mol. The number of morpholine rings is 1. The third kappa shape index (κ3) is 4.38. The SMILES string of the molecule is Cl.O=C1C(c2ccccc2)Oc2ccc(Cl)cc2N1CCN1CCOCC1. The number of hydrogen-bond donors (Lipinski definition) is 0. The zero-order valence-electron chi connectivity index (χ0n) is 14.8. The minimum absolute atomic E-state index is 0. The Balaban J connectivity index is 0.00000210. The van der Waals surface area contributed by atoms with Crippen LogP contribution < -0.4 is 9.64 Å². The van der Waals surface area contributed by atoms with E-state index < -0.39 is 6.10 Å². The van der Waals surface area contributed by atoms with Gasteiger partial charge in [-0.2, -0.15) is 0 Å². The first-order chi connectivity index (χ1) is 12.7. The van der Waals surface area contributed by atoms with Gasteiger partial charge >= 0.3 is 0 Å². The Morgan fingerprint density at radius 2 is 1.78 bits per heavy atom. The van der Waals surface area contributed by atoms with Crippen molar-refractivity contribution in [3.8, 4) is 5.75 Å². The minimum Gasteiger partial charge on any atom is -0.474 e. The van der Waals surface area contributed by atoms with Gasteiger partial charge in [-0.25, -0.2) is 0 Å². The van der Waals surface area contributed by atoms with Crippen LogP contribution in [0.3, 0.4) is 0 Å². The molecule has 2 aliphatic rings. The highest BCUT2D eigenvalue weighted by molar-refractivity contribution is 6.31. The van der Waals surface area contributed by atoms with Gasteiger partial charge in [0.1, 0.15) is 5.75 Å². The Morgan fingerprint density at radius 3 is 2.52 bits per heavy atom. The molecular formula is C20H22Cl2N2O3. The number of anilines is 1. The van der Waals surface area contributed by atoms with Crippen molar-refractivity contribution in [2.75, 3.05) is 44.3 Å². The van der Waals surface area contributed by atoms with Crippen molar-refractivity contribution in [3.63, 3.8) is 0 Å². The standard InChI is InChI=1S/C20H21ClN2O3.ClH/c21-16-6-7-18-17(14-16)23(9-8-22-10-12-25-13-11-22)20(24)19(26-18)15-4-2-1-3-5-15;/h1-7,14,19H,8-13H2;1H. The number of carbonyl (C=O) groups is 1. The quantitative estimate of drug-likeness (QED) is 0.775. The maximum Gasteiger partial charge on any atom is 0.272 e. The normalized spacial score (nSPS) is 19.8. The lowest BCUT2D eigenvalue weighted by molar-refractivity contribution is -0.126. The zero-order chi connectivity index (χ0) is 17.9. The van der Waals surface area contributed by atoms with Crippen molar-refractivity contribution in [1.82, 2.24) is 4.90 Å². The van der Waals surface area contributed by atoms with E-state index >= 15 is 0 Å². The van der Waals surface area contributed by atoms with E-state index in [9.17, 15) is 4.79 Å². The number of rotatable bonds is 4. The van der Waals surface area contributed by atoms with Crippen molar-refractivity contribution < 1.29 is 14.3 Å². The molecule has 0 aromatic heterocycles. The molecule has 1 saturated heterocycles. The van der Waals surface area contributed by atoms with E-state index in [0.717, 1.165) is 44.1 Å². The molecular weight excluding hydrogens is 387 g/mol.